The Bertz CT molecular complexity index is 499. The van der Waals surface area contributed by atoms with Crippen LogP contribution in [-0.2, 0) is 9.59 Å². The van der Waals surface area contributed by atoms with E-state index in [1.165, 1.54) is 0 Å². The third-order valence-electron chi connectivity index (χ3n) is 3.18. The minimum atomic E-state index is -0.431. The van der Waals surface area contributed by atoms with Crippen LogP contribution in [0.4, 0.5) is 5.69 Å². The van der Waals surface area contributed by atoms with Crippen LogP contribution < -0.4 is 16.0 Å². The molecule has 1 saturated heterocycles. The van der Waals surface area contributed by atoms with Crippen LogP contribution in [0, 0.1) is 13.8 Å². The predicted molar refractivity (Wildman–Crippen MR) is 74.0 cm³/mol. The van der Waals surface area contributed by atoms with E-state index in [-0.39, 0.29) is 18.2 Å². The summed E-state index contributed by atoms with van der Waals surface area (Å²) in [5, 5.41) is 8.62. The van der Waals surface area contributed by atoms with Gasteiger partial charge in [-0.2, -0.15) is 0 Å². The summed E-state index contributed by atoms with van der Waals surface area (Å²) in [7, 11) is 0. The maximum absolute atomic E-state index is 11.9. The van der Waals surface area contributed by atoms with E-state index in [9.17, 15) is 9.59 Å². The van der Waals surface area contributed by atoms with Crippen LogP contribution in [0.1, 0.15) is 17.5 Å². The average molecular weight is 261 g/mol. The lowest BCUT2D eigenvalue weighted by Crippen LogP contribution is -2.53. The molecule has 1 aromatic rings. The molecule has 5 heteroatoms. The topological polar surface area (TPSA) is 70.2 Å². The van der Waals surface area contributed by atoms with Crippen molar-refractivity contribution in [3.05, 3.63) is 29.3 Å². The summed E-state index contributed by atoms with van der Waals surface area (Å²) in [5.74, 6) is -0.261. The van der Waals surface area contributed by atoms with Gasteiger partial charge in [-0.1, -0.05) is 17.7 Å². The summed E-state index contributed by atoms with van der Waals surface area (Å²) in [6.45, 7) is 5.28. The molecule has 5 nitrogen and oxygen atoms in total. The summed E-state index contributed by atoms with van der Waals surface area (Å²) in [4.78, 5) is 23.5. The Morgan fingerprint density at radius 2 is 2.16 bits per heavy atom. The molecule has 19 heavy (non-hydrogen) atoms. The van der Waals surface area contributed by atoms with Gasteiger partial charge in [0.2, 0.25) is 11.8 Å². The van der Waals surface area contributed by atoms with Crippen LogP contribution >= 0.6 is 0 Å². The lowest BCUT2D eigenvalue weighted by atomic mass is 10.1. The molecule has 2 amide bonds. The maximum atomic E-state index is 11.9. The first-order chi connectivity index (χ1) is 9.06. The van der Waals surface area contributed by atoms with Crippen LogP contribution in [0.2, 0.25) is 0 Å². The molecule has 1 heterocycles. The largest absolute Gasteiger partial charge is 0.353 e. The summed E-state index contributed by atoms with van der Waals surface area (Å²) in [6, 6.07) is 5.42. The van der Waals surface area contributed by atoms with Gasteiger partial charge >= 0.3 is 0 Å². The predicted octanol–water partition coefficient (Wildman–Crippen LogP) is 0.720. The van der Waals surface area contributed by atoms with Gasteiger partial charge in [0.15, 0.2) is 0 Å². The lowest BCUT2D eigenvalue weighted by Gasteiger charge is -2.23. The lowest BCUT2D eigenvalue weighted by molar-refractivity contribution is -0.127. The molecule has 0 spiro atoms. The van der Waals surface area contributed by atoms with Crippen LogP contribution in [0.3, 0.4) is 0 Å². The van der Waals surface area contributed by atoms with Crippen molar-refractivity contribution in [2.45, 2.75) is 26.3 Å². The summed E-state index contributed by atoms with van der Waals surface area (Å²) in [6.07, 6.45) is 0.152. The van der Waals surface area contributed by atoms with Gasteiger partial charge in [0.05, 0.1) is 12.5 Å². The summed E-state index contributed by atoms with van der Waals surface area (Å²) in [5.41, 5.74) is 2.98. The molecule has 1 aromatic carbocycles. The van der Waals surface area contributed by atoms with Crippen molar-refractivity contribution in [3.8, 4) is 0 Å². The van der Waals surface area contributed by atoms with E-state index in [2.05, 4.69) is 16.0 Å². The summed E-state index contributed by atoms with van der Waals surface area (Å²) < 4.78 is 0. The number of carbonyl (C=O) groups excluding carboxylic acids is 2. The van der Waals surface area contributed by atoms with Gasteiger partial charge in [0.25, 0.3) is 0 Å². The van der Waals surface area contributed by atoms with E-state index in [4.69, 9.17) is 0 Å². The van der Waals surface area contributed by atoms with E-state index in [0.29, 0.717) is 13.1 Å². The molecular weight excluding hydrogens is 242 g/mol. The zero-order valence-electron chi connectivity index (χ0n) is 11.2. The third kappa shape index (κ3) is 3.54. The zero-order chi connectivity index (χ0) is 13.8. The van der Waals surface area contributed by atoms with E-state index in [1.54, 1.807) is 0 Å². The highest BCUT2D eigenvalue weighted by Crippen LogP contribution is 2.16. The molecule has 0 aliphatic carbocycles. The average Bonchev–Trinajstić information content (AvgIpc) is 2.36. The standard InChI is InChI=1S/C14H19N3O2/c1-9-3-4-11(10(2)7-9)17-13(18)8-12-14(19)16-6-5-15-12/h3-4,7,12,15H,5-6,8H2,1-2H3,(H,16,19)(H,17,18)/t12-/m0/s1. The van der Waals surface area contributed by atoms with Gasteiger partial charge in [-0.3, -0.25) is 9.59 Å². The molecule has 1 atom stereocenters. The molecule has 1 fully saturated rings. The fourth-order valence-electron chi connectivity index (χ4n) is 2.15. The van der Waals surface area contributed by atoms with Crippen molar-refractivity contribution in [1.29, 1.82) is 0 Å². The number of hydrogen-bond acceptors (Lipinski definition) is 3. The SMILES string of the molecule is Cc1ccc(NC(=O)C[C@@H]2NCCNC2=O)c(C)c1. The zero-order valence-corrected chi connectivity index (χ0v) is 11.2. The Hall–Kier alpha value is -1.88. The van der Waals surface area contributed by atoms with E-state index < -0.39 is 6.04 Å². The first-order valence-corrected chi connectivity index (χ1v) is 6.44. The second-order valence-electron chi connectivity index (χ2n) is 4.87. The van der Waals surface area contributed by atoms with Crippen LogP contribution in [-0.4, -0.2) is 30.9 Å². The van der Waals surface area contributed by atoms with Gasteiger partial charge in [0.1, 0.15) is 0 Å². The Balaban J connectivity index is 1.95. The molecule has 3 N–H and O–H groups in total. The number of rotatable bonds is 3. The minimum Gasteiger partial charge on any atom is -0.353 e. The van der Waals surface area contributed by atoms with Crippen molar-refractivity contribution in [1.82, 2.24) is 10.6 Å². The van der Waals surface area contributed by atoms with Crippen molar-refractivity contribution < 1.29 is 9.59 Å². The van der Waals surface area contributed by atoms with Gasteiger partial charge in [-0.25, -0.2) is 0 Å². The van der Waals surface area contributed by atoms with E-state index >= 15 is 0 Å². The number of carbonyl (C=O) groups is 2. The number of piperazine rings is 1. The quantitative estimate of drug-likeness (QED) is 0.751. The molecule has 0 bridgehead atoms. The van der Waals surface area contributed by atoms with Crippen molar-refractivity contribution >= 4 is 17.5 Å². The number of nitrogens with one attached hydrogen (secondary N) is 3. The highest BCUT2D eigenvalue weighted by atomic mass is 16.2. The van der Waals surface area contributed by atoms with Crippen LogP contribution in [0.15, 0.2) is 18.2 Å². The molecule has 0 unspecified atom stereocenters. The molecule has 0 radical (unpaired) electrons. The van der Waals surface area contributed by atoms with Crippen molar-refractivity contribution in [3.63, 3.8) is 0 Å². The molecule has 2 rings (SSSR count). The van der Waals surface area contributed by atoms with E-state index in [1.807, 2.05) is 32.0 Å². The summed E-state index contributed by atoms with van der Waals surface area (Å²) >= 11 is 0. The second kappa shape index (κ2) is 5.84. The van der Waals surface area contributed by atoms with Gasteiger partial charge in [-0.05, 0) is 25.5 Å². The number of benzene rings is 1. The monoisotopic (exact) mass is 261 g/mol. The smallest absolute Gasteiger partial charge is 0.237 e. The van der Waals surface area contributed by atoms with Gasteiger partial charge < -0.3 is 16.0 Å². The Labute approximate surface area is 112 Å². The highest BCUT2D eigenvalue weighted by molar-refractivity contribution is 5.96. The molecule has 0 aromatic heterocycles. The number of hydrogen-bond donors (Lipinski definition) is 3. The second-order valence-corrected chi connectivity index (χ2v) is 4.87. The third-order valence-corrected chi connectivity index (χ3v) is 3.18. The van der Waals surface area contributed by atoms with E-state index in [0.717, 1.165) is 16.8 Å². The molecule has 1 aliphatic rings. The fourth-order valence-corrected chi connectivity index (χ4v) is 2.15. The Kier molecular flexibility index (Phi) is 4.16. The van der Waals surface area contributed by atoms with Crippen molar-refractivity contribution in [2.75, 3.05) is 18.4 Å². The number of anilines is 1. The van der Waals surface area contributed by atoms with Crippen LogP contribution in [0.5, 0.6) is 0 Å². The van der Waals surface area contributed by atoms with Gasteiger partial charge in [0, 0.05) is 18.8 Å². The maximum Gasteiger partial charge on any atom is 0.237 e. The fraction of sp³-hybridized carbons (Fsp3) is 0.429. The van der Waals surface area contributed by atoms with Gasteiger partial charge in [-0.15, -0.1) is 0 Å². The minimum absolute atomic E-state index is 0.109. The normalized spacial score (nSPS) is 18.8. The molecule has 0 saturated carbocycles. The van der Waals surface area contributed by atoms with Crippen molar-refractivity contribution in [2.24, 2.45) is 0 Å². The number of amides is 2. The highest BCUT2D eigenvalue weighted by Gasteiger charge is 2.24. The molecule has 1 aliphatic heterocycles. The molecule has 102 valence electrons. The Morgan fingerprint density at radius 1 is 1.37 bits per heavy atom. The van der Waals surface area contributed by atoms with Crippen LogP contribution in [0.25, 0.3) is 0 Å². The molecular formula is C14H19N3O2. The Morgan fingerprint density at radius 3 is 2.84 bits per heavy atom. The first-order valence-electron chi connectivity index (χ1n) is 6.44. The number of aryl methyl sites for hydroxylation is 2. The first kappa shape index (κ1) is 13.5.